The van der Waals surface area contributed by atoms with E-state index in [9.17, 15) is 12.8 Å². The van der Waals surface area contributed by atoms with Gasteiger partial charge in [-0.15, -0.1) is 6.58 Å². The van der Waals surface area contributed by atoms with Crippen molar-refractivity contribution in [1.29, 1.82) is 0 Å². The van der Waals surface area contributed by atoms with Gasteiger partial charge in [0.2, 0.25) is 0 Å². The Morgan fingerprint density at radius 1 is 1.50 bits per heavy atom. The summed E-state index contributed by atoms with van der Waals surface area (Å²) in [6.45, 7) is 4.42. The van der Waals surface area contributed by atoms with E-state index in [1.807, 2.05) is 6.08 Å². The van der Waals surface area contributed by atoms with E-state index in [-0.39, 0.29) is 16.7 Å². The molecule has 20 heavy (non-hydrogen) atoms. The van der Waals surface area contributed by atoms with Crippen LogP contribution in [0.5, 0.6) is 0 Å². The number of sulfone groups is 1. The molecule has 0 amide bonds. The number of rotatable bonds is 6. The molecular weight excluding hydrogens is 297 g/mol. The molecule has 0 saturated carbocycles. The number of nitrogens with one attached hydrogen (secondary N) is 1. The van der Waals surface area contributed by atoms with Crippen molar-refractivity contribution in [2.45, 2.75) is 17.4 Å². The van der Waals surface area contributed by atoms with Gasteiger partial charge in [-0.1, -0.05) is 6.08 Å². The van der Waals surface area contributed by atoms with Gasteiger partial charge in [0, 0.05) is 24.1 Å². The Bertz CT molecular complexity index is 587. The van der Waals surface area contributed by atoms with Crippen molar-refractivity contribution >= 4 is 21.6 Å². The van der Waals surface area contributed by atoms with Crippen molar-refractivity contribution in [3.8, 4) is 0 Å². The Morgan fingerprint density at radius 3 is 3.05 bits per heavy atom. The van der Waals surface area contributed by atoms with Crippen LogP contribution in [0.25, 0.3) is 0 Å². The molecule has 2 rings (SSSR count). The second-order valence-electron chi connectivity index (χ2n) is 4.66. The zero-order valence-corrected chi connectivity index (χ0v) is 12.8. The van der Waals surface area contributed by atoms with Crippen LogP contribution in [-0.2, 0) is 9.84 Å². The Kier molecular flexibility index (Phi) is 5.23. The van der Waals surface area contributed by atoms with Crippen molar-refractivity contribution < 1.29 is 12.8 Å². The van der Waals surface area contributed by atoms with Crippen LogP contribution in [0.15, 0.2) is 35.7 Å². The number of fused-ring (bicyclic) bond motifs is 1. The van der Waals surface area contributed by atoms with Gasteiger partial charge in [-0.3, -0.25) is 0 Å². The SMILES string of the molecule is C=CCSCCNC1CCS(=O)(=O)c2ccc(F)cc21. The monoisotopic (exact) mass is 315 g/mol. The van der Waals surface area contributed by atoms with Gasteiger partial charge in [0.05, 0.1) is 10.6 Å². The Morgan fingerprint density at radius 2 is 2.30 bits per heavy atom. The minimum Gasteiger partial charge on any atom is -0.309 e. The van der Waals surface area contributed by atoms with Gasteiger partial charge in [-0.25, -0.2) is 12.8 Å². The lowest BCUT2D eigenvalue weighted by atomic mass is 10.0. The first kappa shape index (κ1) is 15.5. The van der Waals surface area contributed by atoms with Crippen molar-refractivity contribution in [3.05, 3.63) is 42.2 Å². The molecule has 1 aromatic carbocycles. The van der Waals surface area contributed by atoms with Gasteiger partial charge in [-0.2, -0.15) is 11.8 Å². The Hall–Kier alpha value is -0.850. The topological polar surface area (TPSA) is 46.2 Å². The fraction of sp³-hybridized carbons (Fsp3) is 0.429. The average molecular weight is 315 g/mol. The quantitative estimate of drug-likeness (QED) is 0.498. The molecule has 0 aliphatic carbocycles. The van der Waals surface area contributed by atoms with Gasteiger partial charge >= 0.3 is 0 Å². The number of hydrogen-bond donors (Lipinski definition) is 1. The molecule has 0 bridgehead atoms. The lowest BCUT2D eigenvalue weighted by Gasteiger charge is -2.26. The van der Waals surface area contributed by atoms with Crippen molar-refractivity contribution in [3.63, 3.8) is 0 Å². The van der Waals surface area contributed by atoms with E-state index in [2.05, 4.69) is 11.9 Å². The third kappa shape index (κ3) is 3.62. The van der Waals surface area contributed by atoms with E-state index < -0.39 is 15.7 Å². The van der Waals surface area contributed by atoms with Gasteiger partial charge in [0.25, 0.3) is 0 Å². The maximum absolute atomic E-state index is 13.4. The maximum atomic E-state index is 13.4. The minimum absolute atomic E-state index is 0.0893. The van der Waals surface area contributed by atoms with Crippen LogP contribution in [-0.4, -0.2) is 32.2 Å². The van der Waals surface area contributed by atoms with Crippen LogP contribution in [0.1, 0.15) is 18.0 Å². The predicted molar refractivity (Wildman–Crippen MR) is 81.3 cm³/mol. The zero-order valence-electron chi connectivity index (χ0n) is 11.1. The van der Waals surface area contributed by atoms with Crippen LogP contribution < -0.4 is 5.32 Å². The second-order valence-corrected chi connectivity index (χ2v) is 7.89. The summed E-state index contributed by atoms with van der Waals surface area (Å²) in [5, 5.41) is 3.32. The predicted octanol–water partition coefficient (Wildman–Crippen LogP) is 2.55. The van der Waals surface area contributed by atoms with Crippen LogP contribution in [0.4, 0.5) is 4.39 Å². The third-order valence-corrected chi connectivity index (χ3v) is 6.01. The largest absolute Gasteiger partial charge is 0.309 e. The lowest BCUT2D eigenvalue weighted by Crippen LogP contribution is -2.31. The summed E-state index contributed by atoms with van der Waals surface area (Å²) in [7, 11) is -3.26. The summed E-state index contributed by atoms with van der Waals surface area (Å²) in [6.07, 6.45) is 2.34. The standard InChI is InChI=1S/C14H18FNO2S2/c1-2-7-19-8-6-16-13-5-9-20(17,18)14-4-3-11(15)10-12(13)14/h2-4,10,13,16H,1,5-9H2. The van der Waals surface area contributed by atoms with Crippen molar-refractivity contribution in [2.24, 2.45) is 0 Å². The highest BCUT2D eigenvalue weighted by Crippen LogP contribution is 2.32. The number of hydrogen-bond acceptors (Lipinski definition) is 4. The first-order chi connectivity index (χ1) is 9.54. The highest BCUT2D eigenvalue weighted by Gasteiger charge is 2.30. The lowest BCUT2D eigenvalue weighted by molar-refractivity contribution is 0.501. The van der Waals surface area contributed by atoms with E-state index >= 15 is 0 Å². The van der Waals surface area contributed by atoms with E-state index in [1.54, 1.807) is 11.8 Å². The van der Waals surface area contributed by atoms with E-state index in [1.165, 1.54) is 18.2 Å². The molecule has 1 aliphatic rings. The third-order valence-electron chi connectivity index (χ3n) is 3.23. The highest BCUT2D eigenvalue weighted by molar-refractivity contribution is 7.99. The minimum atomic E-state index is -3.26. The van der Waals surface area contributed by atoms with Crippen LogP contribution in [0, 0.1) is 5.82 Å². The van der Waals surface area contributed by atoms with Gasteiger partial charge in [0.15, 0.2) is 9.84 Å². The van der Waals surface area contributed by atoms with Gasteiger partial charge in [0.1, 0.15) is 5.82 Å². The first-order valence-electron chi connectivity index (χ1n) is 6.49. The van der Waals surface area contributed by atoms with Crippen LogP contribution >= 0.6 is 11.8 Å². The Balaban J connectivity index is 2.09. The zero-order chi connectivity index (χ0) is 14.6. The van der Waals surface area contributed by atoms with E-state index in [4.69, 9.17) is 0 Å². The van der Waals surface area contributed by atoms with Gasteiger partial charge in [-0.05, 0) is 30.2 Å². The van der Waals surface area contributed by atoms with Crippen LogP contribution in [0.3, 0.4) is 0 Å². The fourth-order valence-electron chi connectivity index (χ4n) is 2.30. The van der Waals surface area contributed by atoms with Crippen molar-refractivity contribution in [1.82, 2.24) is 5.32 Å². The molecule has 1 atom stereocenters. The maximum Gasteiger partial charge on any atom is 0.178 e. The molecule has 1 aliphatic heterocycles. The average Bonchev–Trinajstić information content (AvgIpc) is 2.40. The molecule has 0 aromatic heterocycles. The van der Waals surface area contributed by atoms with E-state index in [0.29, 0.717) is 12.0 Å². The second kappa shape index (κ2) is 6.74. The number of thioether (sulfide) groups is 1. The number of halogens is 1. The normalized spacial score (nSPS) is 20.4. The Labute approximate surface area is 123 Å². The van der Waals surface area contributed by atoms with E-state index in [0.717, 1.165) is 18.1 Å². The highest BCUT2D eigenvalue weighted by atomic mass is 32.2. The number of benzene rings is 1. The molecule has 6 heteroatoms. The van der Waals surface area contributed by atoms with Crippen molar-refractivity contribution in [2.75, 3.05) is 23.8 Å². The van der Waals surface area contributed by atoms with Gasteiger partial charge < -0.3 is 5.32 Å². The molecule has 0 fully saturated rings. The summed E-state index contributed by atoms with van der Waals surface area (Å²) in [6, 6.07) is 3.83. The molecule has 3 nitrogen and oxygen atoms in total. The molecule has 0 radical (unpaired) electrons. The first-order valence-corrected chi connectivity index (χ1v) is 9.29. The summed E-state index contributed by atoms with van der Waals surface area (Å²) in [4.78, 5) is 0.265. The van der Waals surface area contributed by atoms with Crippen LogP contribution in [0.2, 0.25) is 0 Å². The molecule has 1 heterocycles. The molecule has 110 valence electrons. The molecule has 0 spiro atoms. The summed E-state index contributed by atoms with van der Waals surface area (Å²) >= 11 is 1.75. The molecule has 1 unspecified atom stereocenters. The molecular formula is C14H18FNO2S2. The molecule has 1 aromatic rings. The summed E-state index contributed by atoms with van der Waals surface area (Å²) < 4.78 is 37.3. The summed E-state index contributed by atoms with van der Waals surface area (Å²) in [5.74, 6) is 1.53. The smallest absolute Gasteiger partial charge is 0.178 e. The fourth-order valence-corrected chi connectivity index (χ4v) is 4.49. The molecule has 1 N–H and O–H groups in total. The molecule has 0 saturated heterocycles. The summed E-state index contributed by atoms with van der Waals surface area (Å²) in [5.41, 5.74) is 0.560.